The third-order valence-electron chi connectivity index (χ3n) is 4.03. The van der Waals surface area contributed by atoms with E-state index in [-0.39, 0.29) is 6.03 Å². The Morgan fingerprint density at radius 3 is 2.91 bits per heavy atom. The summed E-state index contributed by atoms with van der Waals surface area (Å²) in [4.78, 5) is 18.6. The minimum absolute atomic E-state index is 0.115. The average Bonchev–Trinajstić information content (AvgIpc) is 3.21. The van der Waals surface area contributed by atoms with Crippen LogP contribution in [0.1, 0.15) is 17.1 Å². The Labute approximate surface area is 140 Å². The molecule has 23 heavy (non-hydrogen) atoms. The van der Waals surface area contributed by atoms with Crippen molar-refractivity contribution in [2.24, 2.45) is 5.92 Å². The van der Waals surface area contributed by atoms with Gasteiger partial charge in [-0.05, 0) is 31.4 Å². The second kappa shape index (κ2) is 7.46. The van der Waals surface area contributed by atoms with E-state index < -0.39 is 0 Å². The van der Waals surface area contributed by atoms with Gasteiger partial charge in [0.05, 0.1) is 6.54 Å². The number of benzene rings is 1. The van der Waals surface area contributed by atoms with Crippen molar-refractivity contribution in [1.82, 2.24) is 15.6 Å². The molecule has 122 valence electrons. The molecule has 0 spiro atoms. The Hall–Kier alpha value is -2.08. The molecule has 0 unspecified atom stereocenters. The second-order valence-corrected chi connectivity index (χ2v) is 6.83. The van der Waals surface area contributed by atoms with E-state index in [1.807, 2.05) is 18.4 Å². The van der Waals surface area contributed by atoms with E-state index in [0.29, 0.717) is 19.0 Å². The van der Waals surface area contributed by atoms with E-state index in [2.05, 4.69) is 44.8 Å². The largest absolute Gasteiger partial charge is 0.371 e. The van der Waals surface area contributed by atoms with Gasteiger partial charge in [0.25, 0.3) is 0 Å². The molecule has 2 heterocycles. The molecule has 3 rings (SSSR count). The lowest BCUT2D eigenvalue weighted by atomic mass is 10.1. The number of hydrogen-bond donors (Lipinski definition) is 2. The molecule has 6 heteroatoms. The lowest BCUT2D eigenvalue weighted by Crippen LogP contribution is -2.38. The summed E-state index contributed by atoms with van der Waals surface area (Å²) in [6.07, 6.45) is 1.11. The minimum Gasteiger partial charge on any atom is -0.371 e. The summed E-state index contributed by atoms with van der Waals surface area (Å²) in [6, 6.07) is 10.3. The Kier molecular flexibility index (Phi) is 5.12. The van der Waals surface area contributed by atoms with E-state index in [1.165, 1.54) is 5.69 Å². The summed E-state index contributed by atoms with van der Waals surface area (Å²) in [5, 5.41) is 8.77. The molecule has 1 fully saturated rings. The Morgan fingerprint density at radius 2 is 2.17 bits per heavy atom. The summed E-state index contributed by atoms with van der Waals surface area (Å²) < 4.78 is 0. The third-order valence-corrected chi connectivity index (χ3v) is 4.99. The molecule has 5 nitrogen and oxygen atoms in total. The van der Waals surface area contributed by atoms with E-state index in [4.69, 9.17) is 0 Å². The number of urea groups is 1. The molecule has 1 atom stereocenters. The summed E-state index contributed by atoms with van der Waals surface area (Å²) >= 11 is 1.57. The number of carbonyl (C=O) groups excluding carboxylic acids is 1. The highest BCUT2D eigenvalue weighted by molar-refractivity contribution is 7.09. The molecule has 0 bridgehead atoms. The second-order valence-electron chi connectivity index (χ2n) is 5.88. The molecule has 2 aromatic rings. The van der Waals surface area contributed by atoms with Gasteiger partial charge in [-0.3, -0.25) is 0 Å². The number of nitrogens with zero attached hydrogens (tertiary/aromatic N) is 2. The molecule has 1 aliphatic rings. The minimum atomic E-state index is -0.115. The van der Waals surface area contributed by atoms with Crippen LogP contribution in [0.25, 0.3) is 0 Å². The van der Waals surface area contributed by atoms with Crippen molar-refractivity contribution in [1.29, 1.82) is 0 Å². The standard InChI is InChI=1S/C17H22N4OS/c1-13-12-23-16(20-13)10-19-17(22)18-9-14-7-8-21(11-14)15-5-3-2-4-6-15/h2-6,12,14H,7-11H2,1H3,(H2,18,19,22)/t14-/m0/s1. The van der Waals surface area contributed by atoms with Crippen LogP contribution >= 0.6 is 11.3 Å². The van der Waals surface area contributed by atoms with Gasteiger partial charge in [-0.25, -0.2) is 9.78 Å². The maximum absolute atomic E-state index is 11.9. The van der Waals surface area contributed by atoms with Crippen LogP contribution < -0.4 is 15.5 Å². The molecule has 1 aromatic carbocycles. The number of amides is 2. The van der Waals surface area contributed by atoms with Gasteiger partial charge in [0.15, 0.2) is 0 Å². The van der Waals surface area contributed by atoms with Gasteiger partial charge >= 0.3 is 6.03 Å². The number of hydrogen-bond acceptors (Lipinski definition) is 4. The van der Waals surface area contributed by atoms with Crippen LogP contribution in [0.3, 0.4) is 0 Å². The maximum Gasteiger partial charge on any atom is 0.315 e. The monoisotopic (exact) mass is 330 g/mol. The molecular formula is C17H22N4OS. The third kappa shape index (κ3) is 4.45. The van der Waals surface area contributed by atoms with Crippen LogP contribution in [-0.2, 0) is 6.54 Å². The zero-order chi connectivity index (χ0) is 16.1. The van der Waals surface area contributed by atoms with Gasteiger partial charge in [-0.2, -0.15) is 0 Å². The van der Waals surface area contributed by atoms with Crippen molar-refractivity contribution in [3.8, 4) is 0 Å². The van der Waals surface area contributed by atoms with Crippen LogP contribution in [0.15, 0.2) is 35.7 Å². The zero-order valence-corrected chi connectivity index (χ0v) is 14.1. The van der Waals surface area contributed by atoms with Crippen LogP contribution in [0.5, 0.6) is 0 Å². The van der Waals surface area contributed by atoms with Crippen molar-refractivity contribution in [3.63, 3.8) is 0 Å². The van der Waals surface area contributed by atoms with Crippen LogP contribution in [0.2, 0.25) is 0 Å². The first-order valence-electron chi connectivity index (χ1n) is 7.93. The molecule has 1 aliphatic heterocycles. The first-order valence-corrected chi connectivity index (χ1v) is 8.81. The van der Waals surface area contributed by atoms with Gasteiger partial charge < -0.3 is 15.5 Å². The lowest BCUT2D eigenvalue weighted by Gasteiger charge is -2.18. The molecule has 1 aromatic heterocycles. The normalized spacial score (nSPS) is 17.3. The predicted molar refractivity (Wildman–Crippen MR) is 93.9 cm³/mol. The summed E-state index contributed by atoms with van der Waals surface area (Å²) in [6.45, 7) is 5.21. The van der Waals surface area contributed by atoms with Gasteiger partial charge in [-0.15, -0.1) is 11.3 Å². The highest BCUT2D eigenvalue weighted by Gasteiger charge is 2.22. The predicted octanol–water partition coefficient (Wildman–Crippen LogP) is 2.78. The van der Waals surface area contributed by atoms with Crippen LogP contribution in [-0.4, -0.2) is 30.6 Å². The fourth-order valence-electron chi connectivity index (χ4n) is 2.81. The molecule has 2 amide bonds. The fraction of sp³-hybridized carbons (Fsp3) is 0.412. The summed E-state index contributed by atoms with van der Waals surface area (Å²) in [7, 11) is 0. The quantitative estimate of drug-likeness (QED) is 0.886. The first kappa shape index (κ1) is 15.8. The molecule has 0 aliphatic carbocycles. The van der Waals surface area contributed by atoms with E-state index in [1.54, 1.807) is 11.3 Å². The number of para-hydroxylation sites is 1. The Bertz CT molecular complexity index is 643. The fourth-order valence-corrected chi connectivity index (χ4v) is 3.52. The van der Waals surface area contributed by atoms with Crippen molar-refractivity contribution < 1.29 is 4.79 Å². The lowest BCUT2D eigenvalue weighted by molar-refractivity contribution is 0.239. The van der Waals surface area contributed by atoms with Crippen molar-refractivity contribution in [2.75, 3.05) is 24.5 Å². The number of aryl methyl sites for hydroxylation is 1. The Balaban J connectivity index is 1.38. The smallest absolute Gasteiger partial charge is 0.315 e. The summed E-state index contributed by atoms with van der Waals surface area (Å²) in [5.41, 5.74) is 2.26. The molecule has 0 saturated carbocycles. The van der Waals surface area contributed by atoms with Gasteiger partial charge in [0.2, 0.25) is 0 Å². The van der Waals surface area contributed by atoms with Gasteiger partial charge in [0, 0.05) is 36.4 Å². The highest BCUT2D eigenvalue weighted by atomic mass is 32.1. The summed E-state index contributed by atoms with van der Waals surface area (Å²) in [5.74, 6) is 0.503. The number of aromatic nitrogens is 1. The van der Waals surface area contributed by atoms with Crippen LogP contribution in [0.4, 0.5) is 10.5 Å². The van der Waals surface area contributed by atoms with E-state index >= 15 is 0 Å². The Morgan fingerprint density at radius 1 is 1.35 bits per heavy atom. The van der Waals surface area contributed by atoms with Crippen molar-refractivity contribution in [3.05, 3.63) is 46.4 Å². The molecule has 0 radical (unpaired) electrons. The number of thiazole rings is 1. The molecule has 1 saturated heterocycles. The number of carbonyl (C=O) groups is 1. The SMILES string of the molecule is Cc1csc(CNC(=O)NC[C@@H]2CCN(c3ccccc3)C2)n1. The van der Waals surface area contributed by atoms with Gasteiger partial charge in [-0.1, -0.05) is 18.2 Å². The van der Waals surface area contributed by atoms with Crippen molar-refractivity contribution >= 4 is 23.1 Å². The highest BCUT2D eigenvalue weighted by Crippen LogP contribution is 2.22. The topological polar surface area (TPSA) is 57.3 Å². The average molecular weight is 330 g/mol. The molecular weight excluding hydrogens is 308 g/mol. The number of anilines is 1. The van der Waals surface area contributed by atoms with Gasteiger partial charge in [0.1, 0.15) is 5.01 Å². The van der Waals surface area contributed by atoms with Crippen LogP contribution in [0, 0.1) is 12.8 Å². The zero-order valence-electron chi connectivity index (χ0n) is 13.3. The number of rotatable bonds is 5. The van der Waals surface area contributed by atoms with E-state index in [9.17, 15) is 4.79 Å². The number of nitrogens with one attached hydrogen (secondary N) is 2. The van der Waals surface area contributed by atoms with E-state index in [0.717, 1.165) is 30.2 Å². The molecule has 2 N–H and O–H groups in total. The van der Waals surface area contributed by atoms with Crippen molar-refractivity contribution in [2.45, 2.75) is 19.9 Å². The maximum atomic E-state index is 11.9. The first-order chi connectivity index (χ1) is 11.2.